The van der Waals surface area contributed by atoms with Crippen LogP contribution in [0.25, 0.3) is 0 Å². The Kier molecular flexibility index (Phi) is 6.51. The highest BCUT2D eigenvalue weighted by Crippen LogP contribution is 2.24. The van der Waals surface area contributed by atoms with Crippen molar-refractivity contribution in [3.05, 3.63) is 39.3 Å². The van der Waals surface area contributed by atoms with Gasteiger partial charge in [-0.25, -0.2) is 13.7 Å². The third-order valence-corrected chi connectivity index (χ3v) is 5.92. The van der Waals surface area contributed by atoms with Gasteiger partial charge >= 0.3 is 10.3 Å². The standard InChI is InChI=1S/C15H15FN6O9S2/c16-2-8-12(14(26)22(8)33(28,29)30)19-13(25)11(7-5-32-15(17)18-7)20-31-4-6-1-9(23)10(24)3-21(6)27/h1,3,5,8,12,24,27H,2,4H2,(H2,17,18)(H,19,25)(H,28,29,30)/b20-11+. The number of halogens is 1. The van der Waals surface area contributed by atoms with E-state index in [-0.39, 0.29) is 20.8 Å². The van der Waals surface area contributed by atoms with Crippen molar-refractivity contribution in [2.45, 2.75) is 18.7 Å². The number of thiazole rings is 1. The van der Waals surface area contributed by atoms with Gasteiger partial charge in [-0.3, -0.25) is 18.9 Å². The number of anilines is 1. The molecule has 33 heavy (non-hydrogen) atoms. The fourth-order valence-electron chi connectivity index (χ4n) is 2.75. The molecule has 6 N–H and O–H groups in total. The number of β-lactam (4-membered cyclic amide) rings is 1. The van der Waals surface area contributed by atoms with Gasteiger partial charge in [0.2, 0.25) is 5.43 Å². The first-order valence-electron chi connectivity index (χ1n) is 8.66. The number of alkyl halides is 1. The van der Waals surface area contributed by atoms with Gasteiger partial charge in [0.05, 0.1) is 6.20 Å². The van der Waals surface area contributed by atoms with Gasteiger partial charge in [0.15, 0.2) is 23.2 Å². The molecule has 1 saturated heterocycles. The quantitative estimate of drug-likeness (QED) is 0.0883. The molecular weight excluding hydrogens is 491 g/mol. The first kappa shape index (κ1) is 23.9. The van der Waals surface area contributed by atoms with Crippen molar-refractivity contribution in [2.24, 2.45) is 5.16 Å². The van der Waals surface area contributed by atoms with Crippen molar-refractivity contribution in [2.75, 3.05) is 12.4 Å². The summed E-state index contributed by atoms with van der Waals surface area (Å²) in [5.41, 5.74) is 3.89. The van der Waals surface area contributed by atoms with Gasteiger partial charge in [-0.2, -0.15) is 13.1 Å². The molecule has 2 aromatic heterocycles. The summed E-state index contributed by atoms with van der Waals surface area (Å²) >= 11 is 0.923. The number of rotatable bonds is 8. The Hall–Kier alpha value is -3.77. The van der Waals surface area contributed by atoms with Gasteiger partial charge in [-0.05, 0) is 0 Å². The molecule has 1 aliphatic rings. The van der Waals surface area contributed by atoms with Gasteiger partial charge in [0.25, 0.3) is 11.8 Å². The lowest BCUT2D eigenvalue weighted by molar-refractivity contribution is -0.145. The molecule has 0 aliphatic carbocycles. The molecule has 3 heterocycles. The van der Waals surface area contributed by atoms with E-state index in [1.165, 1.54) is 5.38 Å². The monoisotopic (exact) mass is 506 g/mol. The number of aromatic nitrogens is 2. The van der Waals surface area contributed by atoms with E-state index in [0.717, 1.165) is 17.4 Å². The van der Waals surface area contributed by atoms with E-state index >= 15 is 0 Å². The molecule has 2 aromatic rings. The molecular formula is C15H15FN6O9S2. The zero-order valence-corrected chi connectivity index (χ0v) is 17.8. The predicted molar refractivity (Wildman–Crippen MR) is 107 cm³/mol. The SMILES string of the molecule is Nc1nc(/C(=N\OCc2cc(=O)c(O)cn2O)C(=O)NC2C(=O)N(S(=O)(=O)O)C2CF)cs1. The van der Waals surface area contributed by atoms with Gasteiger partial charge in [-0.1, -0.05) is 5.16 Å². The topological polar surface area (TPSA) is 227 Å². The zero-order chi connectivity index (χ0) is 24.5. The number of nitrogens with two attached hydrogens (primary N) is 1. The third-order valence-electron chi connectivity index (χ3n) is 4.30. The van der Waals surface area contributed by atoms with E-state index in [1.807, 2.05) is 0 Å². The Morgan fingerprint density at radius 1 is 1.42 bits per heavy atom. The van der Waals surface area contributed by atoms with Crippen LogP contribution in [0.5, 0.6) is 5.75 Å². The van der Waals surface area contributed by atoms with Crippen molar-refractivity contribution < 1.29 is 42.1 Å². The normalized spacial score (nSPS) is 18.7. The van der Waals surface area contributed by atoms with E-state index < -0.39 is 64.4 Å². The van der Waals surface area contributed by atoms with E-state index in [0.29, 0.717) is 10.9 Å². The van der Waals surface area contributed by atoms with Crippen LogP contribution in [0.3, 0.4) is 0 Å². The molecule has 15 nitrogen and oxygen atoms in total. The Morgan fingerprint density at radius 2 is 2.12 bits per heavy atom. The summed E-state index contributed by atoms with van der Waals surface area (Å²) in [5, 5.41) is 25.9. The van der Waals surface area contributed by atoms with Crippen LogP contribution in [0.1, 0.15) is 11.4 Å². The molecule has 2 amide bonds. The molecule has 2 unspecified atom stereocenters. The first-order valence-corrected chi connectivity index (χ1v) is 10.9. The lowest BCUT2D eigenvalue weighted by Gasteiger charge is -2.42. The van der Waals surface area contributed by atoms with Crippen LogP contribution in [0, 0.1) is 0 Å². The van der Waals surface area contributed by atoms with Crippen molar-refractivity contribution in [1.29, 1.82) is 0 Å². The van der Waals surface area contributed by atoms with E-state index in [2.05, 4.69) is 15.5 Å². The largest absolute Gasteiger partial charge is 0.503 e. The molecule has 0 bridgehead atoms. The van der Waals surface area contributed by atoms with Crippen molar-refractivity contribution >= 4 is 44.3 Å². The lowest BCUT2D eigenvalue weighted by atomic mass is 10.00. The van der Waals surface area contributed by atoms with Crippen LogP contribution in [0.2, 0.25) is 0 Å². The van der Waals surface area contributed by atoms with Crippen LogP contribution < -0.4 is 16.5 Å². The summed E-state index contributed by atoms with van der Waals surface area (Å²) in [6.45, 7) is -1.95. The fourth-order valence-corrected chi connectivity index (χ4v) is 4.16. The van der Waals surface area contributed by atoms with Crippen LogP contribution in [0.4, 0.5) is 9.52 Å². The number of oxime groups is 1. The number of hydrogen-bond donors (Lipinski definition) is 5. The lowest BCUT2D eigenvalue weighted by Crippen LogP contribution is -2.73. The van der Waals surface area contributed by atoms with Crippen molar-refractivity contribution in [3.8, 4) is 5.75 Å². The summed E-state index contributed by atoms with van der Waals surface area (Å²) in [6.07, 6.45) is 0.708. The molecule has 2 atom stereocenters. The fraction of sp³-hybridized carbons (Fsp3) is 0.267. The van der Waals surface area contributed by atoms with Crippen LogP contribution in [-0.2, 0) is 31.3 Å². The Balaban J connectivity index is 1.81. The average Bonchev–Trinajstić information content (AvgIpc) is 3.15. The molecule has 0 radical (unpaired) electrons. The third kappa shape index (κ3) is 4.86. The summed E-state index contributed by atoms with van der Waals surface area (Å²) in [5.74, 6) is -3.13. The second-order valence-electron chi connectivity index (χ2n) is 6.43. The number of aromatic hydroxyl groups is 1. The molecule has 1 aliphatic heterocycles. The Bertz CT molecular complexity index is 1290. The summed E-state index contributed by atoms with van der Waals surface area (Å²) in [7, 11) is -5.03. The number of pyridine rings is 1. The second-order valence-corrected chi connectivity index (χ2v) is 8.61. The minimum absolute atomic E-state index is 0.0344. The number of amides is 2. The average molecular weight is 506 g/mol. The molecule has 178 valence electrons. The Morgan fingerprint density at radius 3 is 2.70 bits per heavy atom. The number of carbonyl (C=O) groups excluding carboxylic acids is 2. The Labute approximate surface area is 187 Å². The van der Waals surface area contributed by atoms with E-state index in [4.69, 9.17) is 15.1 Å². The van der Waals surface area contributed by atoms with Crippen molar-refractivity contribution in [1.82, 2.24) is 19.3 Å². The second kappa shape index (κ2) is 9.00. The highest BCUT2D eigenvalue weighted by Gasteiger charge is 2.54. The first-order chi connectivity index (χ1) is 15.4. The van der Waals surface area contributed by atoms with Gasteiger partial charge in [-0.15, -0.1) is 11.3 Å². The molecule has 18 heteroatoms. The maximum atomic E-state index is 13.2. The van der Waals surface area contributed by atoms with E-state index in [1.54, 1.807) is 0 Å². The maximum Gasteiger partial charge on any atom is 0.362 e. The molecule has 0 spiro atoms. The number of hydrogen-bond acceptors (Lipinski definition) is 12. The maximum absolute atomic E-state index is 13.2. The minimum atomic E-state index is -5.03. The number of nitrogen functional groups attached to an aromatic ring is 1. The molecule has 0 saturated carbocycles. The van der Waals surface area contributed by atoms with Crippen molar-refractivity contribution in [3.63, 3.8) is 0 Å². The number of nitrogens with zero attached hydrogens (tertiary/aromatic N) is 4. The number of nitrogens with one attached hydrogen (secondary N) is 1. The van der Waals surface area contributed by atoms with Crippen LogP contribution >= 0.6 is 11.3 Å². The molecule has 1 fully saturated rings. The van der Waals surface area contributed by atoms with Gasteiger partial charge in [0, 0.05) is 11.4 Å². The molecule has 0 aromatic carbocycles. The molecule has 3 rings (SSSR count). The smallest absolute Gasteiger partial charge is 0.362 e. The van der Waals surface area contributed by atoms with Gasteiger partial charge in [0.1, 0.15) is 30.1 Å². The summed E-state index contributed by atoms with van der Waals surface area (Å²) in [6, 6.07) is -2.47. The predicted octanol–water partition coefficient (Wildman–Crippen LogP) is -1.78. The summed E-state index contributed by atoms with van der Waals surface area (Å²) in [4.78, 5) is 45.0. The highest BCUT2D eigenvalue weighted by molar-refractivity contribution is 7.84. The van der Waals surface area contributed by atoms with Crippen LogP contribution in [-0.4, -0.2) is 73.6 Å². The summed E-state index contributed by atoms with van der Waals surface area (Å²) < 4.78 is 44.9. The minimum Gasteiger partial charge on any atom is -0.503 e. The van der Waals surface area contributed by atoms with E-state index in [9.17, 15) is 37.5 Å². The highest BCUT2D eigenvalue weighted by atomic mass is 32.2. The number of carbonyl (C=O) groups is 2. The zero-order valence-electron chi connectivity index (χ0n) is 16.2. The van der Waals surface area contributed by atoms with Gasteiger partial charge < -0.3 is 26.2 Å². The van der Waals surface area contributed by atoms with Crippen LogP contribution in [0.15, 0.2) is 27.6 Å².